The average Bonchev–Trinajstić information content (AvgIpc) is 3.35. The minimum Gasteiger partial charge on any atom is -0.356 e. The highest BCUT2D eigenvalue weighted by molar-refractivity contribution is 14.0. The fourth-order valence-corrected chi connectivity index (χ4v) is 2.47. The first-order valence-electron chi connectivity index (χ1n) is 7.64. The number of nitrogens with zero attached hydrogens (tertiary/aromatic N) is 2. The quantitative estimate of drug-likeness (QED) is 0.453. The van der Waals surface area contributed by atoms with E-state index in [1.165, 1.54) is 23.8 Å². The number of nitrogens with one attached hydrogen (secondary N) is 2. The summed E-state index contributed by atoms with van der Waals surface area (Å²) in [4.78, 5) is 8.75. The molecule has 3 rings (SSSR count). The van der Waals surface area contributed by atoms with Crippen LogP contribution >= 0.6 is 24.0 Å². The van der Waals surface area contributed by atoms with E-state index in [9.17, 15) is 0 Å². The minimum absolute atomic E-state index is 0. The Morgan fingerprint density at radius 2 is 2.05 bits per heavy atom. The summed E-state index contributed by atoms with van der Waals surface area (Å²) >= 11 is 0. The molecule has 1 aromatic heterocycles. The van der Waals surface area contributed by atoms with Crippen LogP contribution in [0.3, 0.4) is 0 Å². The summed E-state index contributed by atoms with van der Waals surface area (Å²) in [6.45, 7) is 1.90. The topological polar surface area (TPSA) is 49.3 Å². The van der Waals surface area contributed by atoms with E-state index < -0.39 is 0 Å². The highest BCUT2D eigenvalue weighted by Crippen LogP contribution is 2.27. The maximum atomic E-state index is 4.49. The molecule has 0 aliphatic heterocycles. The Morgan fingerprint density at radius 1 is 1.23 bits per heavy atom. The molecule has 2 N–H and O–H groups in total. The van der Waals surface area contributed by atoms with Crippen LogP contribution in [0.2, 0.25) is 0 Å². The zero-order chi connectivity index (χ0) is 14.5. The SMILES string of the molecule is CN=C(NCCc1cccc2cccnc12)NCC1CC1.I. The molecule has 0 amide bonds. The Morgan fingerprint density at radius 3 is 2.82 bits per heavy atom. The summed E-state index contributed by atoms with van der Waals surface area (Å²) in [6, 6.07) is 10.4. The van der Waals surface area contributed by atoms with E-state index in [1.54, 1.807) is 0 Å². The second-order valence-electron chi connectivity index (χ2n) is 5.57. The number of fused-ring (bicyclic) bond motifs is 1. The zero-order valence-electron chi connectivity index (χ0n) is 12.9. The molecule has 1 saturated carbocycles. The molecule has 0 atom stereocenters. The second-order valence-corrected chi connectivity index (χ2v) is 5.57. The van der Waals surface area contributed by atoms with E-state index in [4.69, 9.17) is 0 Å². The number of aliphatic imine (C=N–C) groups is 1. The van der Waals surface area contributed by atoms with Crippen LogP contribution < -0.4 is 10.6 Å². The maximum Gasteiger partial charge on any atom is 0.190 e. The van der Waals surface area contributed by atoms with Gasteiger partial charge in [-0.25, -0.2) is 0 Å². The normalized spacial score (nSPS) is 14.5. The van der Waals surface area contributed by atoms with Crippen molar-refractivity contribution in [3.05, 3.63) is 42.1 Å². The van der Waals surface area contributed by atoms with E-state index in [0.29, 0.717) is 0 Å². The van der Waals surface area contributed by atoms with Gasteiger partial charge in [0.05, 0.1) is 5.52 Å². The molecule has 0 spiro atoms. The van der Waals surface area contributed by atoms with Crippen molar-refractivity contribution in [2.45, 2.75) is 19.3 Å². The maximum absolute atomic E-state index is 4.49. The lowest BCUT2D eigenvalue weighted by atomic mass is 10.1. The van der Waals surface area contributed by atoms with Crippen LogP contribution in [0.25, 0.3) is 10.9 Å². The molecule has 5 heteroatoms. The molecule has 0 saturated heterocycles. The van der Waals surface area contributed by atoms with Gasteiger partial charge in [0.15, 0.2) is 5.96 Å². The third kappa shape index (κ3) is 4.56. The molecule has 1 aliphatic rings. The summed E-state index contributed by atoms with van der Waals surface area (Å²) in [5, 5.41) is 7.96. The fourth-order valence-electron chi connectivity index (χ4n) is 2.47. The lowest BCUT2D eigenvalue weighted by molar-refractivity contribution is 0.735. The highest BCUT2D eigenvalue weighted by Gasteiger charge is 2.20. The van der Waals surface area contributed by atoms with Crippen molar-refractivity contribution in [1.29, 1.82) is 0 Å². The largest absolute Gasteiger partial charge is 0.356 e. The molecule has 4 nitrogen and oxygen atoms in total. The summed E-state index contributed by atoms with van der Waals surface area (Å²) < 4.78 is 0. The van der Waals surface area contributed by atoms with Crippen LogP contribution in [0.15, 0.2) is 41.5 Å². The third-order valence-corrected chi connectivity index (χ3v) is 3.88. The monoisotopic (exact) mass is 410 g/mol. The van der Waals surface area contributed by atoms with Gasteiger partial charge in [-0.05, 0) is 36.8 Å². The molecule has 0 radical (unpaired) electrons. The second kappa shape index (κ2) is 8.31. The Balaban J connectivity index is 0.00000176. The van der Waals surface area contributed by atoms with Crippen LogP contribution in [-0.4, -0.2) is 31.1 Å². The van der Waals surface area contributed by atoms with Gasteiger partial charge in [-0.2, -0.15) is 0 Å². The standard InChI is InChI=1S/C17H22N4.HI/c1-18-17(21-12-13-7-8-13)20-11-9-15-5-2-4-14-6-3-10-19-16(14)15;/h2-6,10,13H,7-9,11-12H2,1H3,(H2,18,20,21);1H. The van der Waals surface area contributed by atoms with Crippen LogP contribution in [0.4, 0.5) is 0 Å². The molecular formula is C17H23IN4. The number of hydrogen-bond donors (Lipinski definition) is 2. The van der Waals surface area contributed by atoms with E-state index in [1.807, 2.05) is 19.3 Å². The molecule has 118 valence electrons. The summed E-state index contributed by atoms with van der Waals surface area (Å²) in [6.07, 6.45) is 5.51. The molecular weight excluding hydrogens is 387 g/mol. The van der Waals surface area contributed by atoms with Crippen molar-refractivity contribution in [2.75, 3.05) is 20.1 Å². The first-order chi connectivity index (χ1) is 10.4. The highest BCUT2D eigenvalue weighted by atomic mass is 127. The van der Waals surface area contributed by atoms with E-state index in [2.05, 4.69) is 44.9 Å². The van der Waals surface area contributed by atoms with Gasteiger partial charge in [-0.3, -0.25) is 9.98 Å². The number of benzene rings is 1. The van der Waals surface area contributed by atoms with Gasteiger partial charge in [0, 0.05) is 31.7 Å². The minimum atomic E-state index is 0. The van der Waals surface area contributed by atoms with Gasteiger partial charge < -0.3 is 10.6 Å². The number of guanidine groups is 1. The molecule has 0 bridgehead atoms. The number of hydrogen-bond acceptors (Lipinski definition) is 2. The van der Waals surface area contributed by atoms with Crippen LogP contribution in [-0.2, 0) is 6.42 Å². The molecule has 1 aromatic carbocycles. The number of pyridine rings is 1. The van der Waals surface area contributed by atoms with Gasteiger partial charge in [-0.15, -0.1) is 24.0 Å². The lowest BCUT2D eigenvalue weighted by Gasteiger charge is -2.12. The molecule has 22 heavy (non-hydrogen) atoms. The van der Waals surface area contributed by atoms with Gasteiger partial charge in [0.1, 0.15) is 0 Å². The van der Waals surface area contributed by atoms with Crippen LogP contribution in [0.1, 0.15) is 18.4 Å². The number of aromatic nitrogens is 1. The number of rotatable bonds is 5. The van der Waals surface area contributed by atoms with Crippen molar-refractivity contribution in [3.63, 3.8) is 0 Å². The Bertz CT molecular complexity index is 632. The molecule has 1 aliphatic carbocycles. The van der Waals surface area contributed by atoms with E-state index in [-0.39, 0.29) is 24.0 Å². The fraction of sp³-hybridized carbons (Fsp3) is 0.412. The van der Waals surface area contributed by atoms with Crippen molar-refractivity contribution in [1.82, 2.24) is 15.6 Å². The Hall–Kier alpha value is -1.37. The summed E-state index contributed by atoms with van der Waals surface area (Å²) in [5.41, 5.74) is 2.38. The van der Waals surface area contributed by atoms with Crippen LogP contribution in [0.5, 0.6) is 0 Å². The Kier molecular flexibility index (Phi) is 6.42. The number of para-hydroxylation sites is 1. The molecule has 1 fully saturated rings. The van der Waals surface area contributed by atoms with Crippen molar-refractivity contribution in [2.24, 2.45) is 10.9 Å². The summed E-state index contributed by atoms with van der Waals surface area (Å²) in [7, 11) is 1.82. The van der Waals surface area contributed by atoms with Crippen molar-refractivity contribution in [3.8, 4) is 0 Å². The van der Waals surface area contributed by atoms with Crippen molar-refractivity contribution >= 4 is 40.8 Å². The van der Waals surface area contributed by atoms with Gasteiger partial charge >= 0.3 is 0 Å². The predicted octanol–water partition coefficient (Wildman–Crippen LogP) is 2.97. The smallest absolute Gasteiger partial charge is 0.190 e. The molecule has 0 unspecified atom stereocenters. The summed E-state index contributed by atoms with van der Waals surface area (Å²) in [5.74, 6) is 1.75. The molecule has 2 aromatic rings. The zero-order valence-corrected chi connectivity index (χ0v) is 15.2. The average molecular weight is 410 g/mol. The van der Waals surface area contributed by atoms with Gasteiger partial charge in [0.25, 0.3) is 0 Å². The van der Waals surface area contributed by atoms with Crippen molar-refractivity contribution < 1.29 is 0 Å². The third-order valence-electron chi connectivity index (χ3n) is 3.88. The van der Waals surface area contributed by atoms with E-state index in [0.717, 1.165) is 36.9 Å². The number of halogens is 1. The molecule has 1 heterocycles. The first kappa shape index (κ1) is 17.0. The lowest BCUT2D eigenvalue weighted by Crippen LogP contribution is -2.39. The van der Waals surface area contributed by atoms with Gasteiger partial charge in [-0.1, -0.05) is 24.3 Å². The van der Waals surface area contributed by atoms with Crippen LogP contribution in [0, 0.1) is 5.92 Å². The van der Waals surface area contributed by atoms with E-state index >= 15 is 0 Å². The van der Waals surface area contributed by atoms with Gasteiger partial charge in [0.2, 0.25) is 0 Å². The Labute approximate surface area is 148 Å². The predicted molar refractivity (Wildman–Crippen MR) is 103 cm³/mol. The first-order valence-corrected chi connectivity index (χ1v) is 7.64.